The molecule has 5 N–H and O–H groups in total. The van der Waals surface area contributed by atoms with Crippen molar-refractivity contribution in [1.82, 2.24) is 9.97 Å². The molecule has 3 aromatic carbocycles. The van der Waals surface area contributed by atoms with Crippen molar-refractivity contribution < 1.29 is 29.9 Å². The van der Waals surface area contributed by atoms with Gasteiger partial charge in [-0.05, 0) is 34.4 Å². The number of ether oxygens (including phenoxy) is 2. The highest BCUT2D eigenvalue weighted by molar-refractivity contribution is 6.34. The molecule has 0 bridgehead atoms. The second-order valence-electron chi connectivity index (χ2n) is 9.62. The minimum Gasteiger partial charge on any atom is -0.456 e. The number of fused-ring (bicyclic) bond motifs is 1. The van der Waals surface area contributed by atoms with E-state index in [9.17, 15) is 20.4 Å². The van der Waals surface area contributed by atoms with Gasteiger partial charge in [-0.3, -0.25) is 0 Å². The molecule has 1 aliphatic heterocycles. The van der Waals surface area contributed by atoms with E-state index in [0.29, 0.717) is 16.1 Å². The smallest absolute Gasteiger partial charge is 0.295 e. The van der Waals surface area contributed by atoms with E-state index in [4.69, 9.17) is 21.1 Å². The molecule has 1 aromatic heterocycles. The van der Waals surface area contributed by atoms with Crippen molar-refractivity contribution in [2.24, 2.45) is 0 Å². The third kappa shape index (κ3) is 4.96. The van der Waals surface area contributed by atoms with Crippen LogP contribution in [-0.4, -0.2) is 75.1 Å². The number of aromatic nitrogens is 2. The molecule has 0 amide bonds. The van der Waals surface area contributed by atoms with Crippen LogP contribution in [0.4, 0.5) is 0 Å². The number of rotatable bonds is 8. The largest absolute Gasteiger partial charge is 0.456 e. The molecule has 0 spiro atoms. The lowest BCUT2D eigenvalue weighted by molar-refractivity contribution is -0.00390. The third-order valence-electron chi connectivity index (χ3n) is 7.04. The SMILES string of the molecule is CC(CO)(CO)c1ccc(-c2ccc(-c3cc4nc(O[C@@H]5CO[C@H](CO)C5O)[nH]c4cc3Cl)cc2)cc1. The summed E-state index contributed by atoms with van der Waals surface area (Å²) in [4.78, 5) is 7.57. The second-order valence-corrected chi connectivity index (χ2v) is 10.0. The van der Waals surface area contributed by atoms with E-state index in [-0.39, 0.29) is 32.4 Å². The van der Waals surface area contributed by atoms with Gasteiger partial charge in [0, 0.05) is 11.0 Å². The Morgan fingerprint density at radius 3 is 2.22 bits per heavy atom. The summed E-state index contributed by atoms with van der Waals surface area (Å²) in [5.41, 5.74) is 5.35. The van der Waals surface area contributed by atoms with Crippen molar-refractivity contribution in [1.29, 1.82) is 0 Å². The molecule has 37 heavy (non-hydrogen) atoms. The number of aromatic amines is 1. The Labute approximate surface area is 219 Å². The molecule has 1 fully saturated rings. The Balaban J connectivity index is 1.36. The van der Waals surface area contributed by atoms with Crippen LogP contribution in [0.15, 0.2) is 60.7 Å². The van der Waals surface area contributed by atoms with Gasteiger partial charge in [0.25, 0.3) is 6.01 Å². The first-order valence-corrected chi connectivity index (χ1v) is 12.4. The lowest BCUT2D eigenvalue weighted by Crippen LogP contribution is -2.36. The number of benzene rings is 3. The first-order valence-electron chi connectivity index (χ1n) is 12.0. The Bertz CT molecular complexity index is 1370. The Kier molecular flexibility index (Phi) is 7.22. The Morgan fingerprint density at radius 1 is 1.00 bits per heavy atom. The highest BCUT2D eigenvalue weighted by atomic mass is 35.5. The lowest BCUT2D eigenvalue weighted by Gasteiger charge is -2.25. The van der Waals surface area contributed by atoms with Gasteiger partial charge in [0.15, 0.2) is 6.10 Å². The van der Waals surface area contributed by atoms with Crippen molar-refractivity contribution in [2.75, 3.05) is 26.4 Å². The summed E-state index contributed by atoms with van der Waals surface area (Å²) in [7, 11) is 0. The van der Waals surface area contributed by atoms with Crippen LogP contribution < -0.4 is 4.74 Å². The van der Waals surface area contributed by atoms with Gasteiger partial charge in [-0.2, -0.15) is 4.98 Å². The molecule has 3 atom stereocenters. The van der Waals surface area contributed by atoms with E-state index >= 15 is 0 Å². The quantitative estimate of drug-likeness (QED) is 0.239. The molecule has 9 heteroatoms. The van der Waals surface area contributed by atoms with Crippen molar-refractivity contribution in [2.45, 2.75) is 30.7 Å². The molecule has 4 aromatic rings. The molecule has 1 unspecified atom stereocenters. The average molecular weight is 525 g/mol. The molecule has 1 saturated heterocycles. The minimum absolute atomic E-state index is 0.132. The molecular formula is C28H29ClN2O6. The maximum atomic E-state index is 10.2. The zero-order chi connectivity index (χ0) is 26.2. The molecule has 1 aliphatic rings. The molecular weight excluding hydrogens is 496 g/mol. The summed E-state index contributed by atoms with van der Waals surface area (Å²) >= 11 is 6.61. The van der Waals surface area contributed by atoms with Crippen LogP contribution in [0.2, 0.25) is 5.02 Å². The molecule has 8 nitrogen and oxygen atoms in total. The Morgan fingerprint density at radius 2 is 1.62 bits per heavy atom. The van der Waals surface area contributed by atoms with Crippen molar-refractivity contribution in [3.05, 3.63) is 71.2 Å². The molecule has 2 heterocycles. The first kappa shape index (κ1) is 25.7. The number of halogens is 1. The van der Waals surface area contributed by atoms with Crippen molar-refractivity contribution in [3.63, 3.8) is 0 Å². The first-order chi connectivity index (χ1) is 17.8. The van der Waals surface area contributed by atoms with Gasteiger partial charge >= 0.3 is 0 Å². The number of hydrogen-bond donors (Lipinski definition) is 5. The zero-order valence-electron chi connectivity index (χ0n) is 20.3. The van der Waals surface area contributed by atoms with E-state index in [1.807, 2.05) is 61.5 Å². The lowest BCUT2D eigenvalue weighted by atomic mass is 9.83. The summed E-state index contributed by atoms with van der Waals surface area (Å²) in [6.45, 7) is 1.44. The fraction of sp³-hybridized carbons (Fsp3) is 0.321. The fourth-order valence-electron chi connectivity index (χ4n) is 4.49. The van der Waals surface area contributed by atoms with E-state index in [1.54, 1.807) is 6.07 Å². The molecule has 0 saturated carbocycles. The van der Waals surface area contributed by atoms with Gasteiger partial charge in [-0.25, -0.2) is 0 Å². The summed E-state index contributed by atoms with van der Waals surface area (Å²) in [6.07, 6.45) is -2.24. The second kappa shape index (κ2) is 10.4. The number of aliphatic hydroxyl groups is 4. The van der Waals surface area contributed by atoms with E-state index in [0.717, 1.165) is 27.8 Å². The van der Waals surface area contributed by atoms with E-state index < -0.39 is 23.7 Å². The molecule has 194 valence electrons. The summed E-state index contributed by atoms with van der Waals surface area (Å²) in [6, 6.07) is 19.7. The fourth-order valence-corrected chi connectivity index (χ4v) is 4.76. The van der Waals surface area contributed by atoms with Crippen LogP contribution >= 0.6 is 11.6 Å². The van der Waals surface area contributed by atoms with Crippen molar-refractivity contribution >= 4 is 22.6 Å². The van der Waals surface area contributed by atoms with Crippen LogP contribution in [0, 0.1) is 0 Å². The zero-order valence-corrected chi connectivity index (χ0v) is 21.0. The number of nitrogens with one attached hydrogen (secondary N) is 1. The van der Waals surface area contributed by atoms with Gasteiger partial charge < -0.3 is 34.9 Å². The minimum atomic E-state index is -0.944. The van der Waals surface area contributed by atoms with Gasteiger partial charge in [0.1, 0.15) is 12.2 Å². The monoisotopic (exact) mass is 524 g/mol. The van der Waals surface area contributed by atoms with Gasteiger partial charge in [-0.1, -0.05) is 67.1 Å². The molecule has 0 aliphatic carbocycles. The third-order valence-corrected chi connectivity index (χ3v) is 7.35. The van der Waals surface area contributed by atoms with Gasteiger partial charge in [0.2, 0.25) is 0 Å². The van der Waals surface area contributed by atoms with Gasteiger partial charge in [-0.15, -0.1) is 0 Å². The molecule has 0 radical (unpaired) electrons. The Hall–Kier alpha value is -2.98. The van der Waals surface area contributed by atoms with E-state index in [2.05, 4.69) is 9.97 Å². The number of H-pyrrole nitrogens is 1. The van der Waals surface area contributed by atoms with Crippen LogP contribution in [-0.2, 0) is 10.2 Å². The van der Waals surface area contributed by atoms with Crippen LogP contribution in [0.5, 0.6) is 6.01 Å². The summed E-state index contributed by atoms with van der Waals surface area (Å²) < 4.78 is 11.1. The summed E-state index contributed by atoms with van der Waals surface area (Å²) in [5, 5.41) is 39.3. The number of imidazole rings is 1. The maximum Gasteiger partial charge on any atom is 0.295 e. The topological polar surface area (TPSA) is 128 Å². The average Bonchev–Trinajstić information content (AvgIpc) is 3.49. The van der Waals surface area contributed by atoms with E-state index in [1.165, 1.54) is 0 Å². The number of aliphatic hydroxyl groups excluding tert-OH is 4. The van der Waals surface area contributed by atoms with Crippen LogP contribution in [0.1, 0.15) is 12.5 Å². The predicted octanol–water partition coefficient (Wildman–Crippen LogP) is 3.29. The standard InChI is InChI=1S/C28H29ClN2O6/c1-28(14-33,15-34)19-8-6-17(7-9-19)16-2-4-18(5-3-16)20-10-22-23(11-21(20)29)31-27(30-22)37-25-13-36-24(12-32)26(25)35/h2-11,24-26,32-35H,12-15H2,1H3,(H,30,31)/t24-,25-,26?/m1/s1. The normalized spacial score (nSPS) is 20.0. The van der Waals surface area contributed by atoms with Crippen LogP contribution in [0.25, 0.3) is 33.3 Å². The van der Waals surface area contributed by atoms with Crippen LogP contribution in [0.3, 0.4) is 0 Å². The maximum absolute atomic E-state index is 10.2. The molecule has 5 rings (SSSR count). The highest BCUT2D eigenvalue weighted by Crippen LogP contribution is 2.34. The van der Waals surface area contributed by atoms with Crippen molar-refractivity contribution in [3.8, 4) is 28.3 Å². The van der Waals surface area contributed by atoms with Gasteiger partial charge in [0.05, 0.1) is 42.5 Å². The highest BCUT2D eigenvalue weighted by Gasteiger charge is 2.37. The summed E-state index contributed by atoms with van der Waals surface area (Å²) in [5.74, 6) is 0. The number of nitrogens with zero attached hydrogens (tertiary/aromatic N) is 1. The number of hydrogen-bond acceptors (Lipinski definition) is 7. The predicted molar refractivity (Wildman–Crippen MR) is 141 cm³/mol.